The average molecular weight is 226 g/mol. The van der Waals surface area contributed by atoms with Gasteiger partial charge < -0.3 is 9.47 Å². The van der Waals surface area contributed by atoms with Gasteiger partial charge in [0.05, 0.1) is 6.42 Å². The molecule has 0 aliphatic carbocycles. The number of hydrogen-bond donors (Lipinski definition) is 0. The van der Waals surface area contributed by atoms with Gasteiger partial charge in [-0.05, 0) is 27.7 Å². The van der Waals surface area contributed by atoms with Crippen molar-refractivity contribution in [3.8, 4) is 0 Å². The molecule has 1 rings (SSSR count). The maximum atomic E-state index is 11.6. The van der Waals surface area contributed by atoms with Crippen LogP contribution < -0.4 is 0 Å². The normalized spacial score (nSPS) is 25.5. The van der Waals surface area contributed by atoms with Crippen molar-refractivity contribution >= 4 is 11.9 Å². The quantitative estimate of drug-likeness (QED) is 0.533. The molecule has 1 fully saturated rings. The van der Waals surface area contributed by atoms with Crippen LogP contribution in [0.3, 0.4) is 0 Å². The summed E-state index contributed by atoms with van der Waals surface area (Å²) in [6.07, 6.45) is 0.445. The van der Waals surface area contributed by atoms with E-state index in [4.69, 9.17) is 9.47 Å². The lowest BCUT2D eigenvalue weighted by Gasteiger charge is -2.25. The van der Waals surface area contributed by atoms with Crippen LogP contribution in [-0.2, 0) is 19.1 Å². The fourth-order valence-electron chi connectivity index (χ4n) is 1.64. The molecule has 1 unspecified atom stereocenters. The number of rotatable bonds is 2. The summed E-state index contributed by atoms with van der Waals surface area (Å²) in [6.45, 7) is 10.7. The van der Waals surface area contributed by atoms with Crippen LogP contribution in [0.25, 0.3) is 0 Å². The molecule has 0 aromatic heterocycles. The van der Waals surface area contributed by atoms with Crippen molar-refractivity contribution in [2.45, 2.75) is 51.7 Å². The lowest BCUT2D eigenvalue weighted by Crippen LogP contribution is -2.32. The van der Waals surface area contributed by atoms with Crippen LogP contribution in [0.15, 0.2) is 12.2 Å². The van der Waals surface area contributed by atoms with Crippen LogP contribution in [0.5, 0.6) is 0 Å². The lowest BCUT2D eigenvalue weighted by atomic mass is 9.97. The summed E-state index contributed by atoms with van der Waals surface area (Å²) in [5, 5.41) is 0. The summed E-state index contributed by atoms with van der Waals surface area (Å²) in [7, 11) is 0. The molecule has 0 radical (unpaired) electrons. The highest BCUT2D eigenvalue weighted by molar-refractivity contribution is 5.91. The predicted octanol–water partition coefficient (Wildman–Crippen LogP) is 1.98. The Balaban J connectivity index is 2.58. The molecule has 0 aromatic rings. The van der Waals surface area contributed by atoms with Crippen molar-refractivity contribution in [2.24, 2.45) is 0 Å². The van der Waals surface area contributed by atoms with Gasteiger partial charge in [0.1, 0.15) is 11.2 Å². The zero-order valence-corrected chi connectivity index (χ0v) is 10.3. The lowest BCUT2D eigenvalue weighted by molar-refractivity contribution is -0.163. The van der Waals surface area contributed by atoms with Crippen LogP contribution in [0.2, 0.25) is 0 Å². The second-order valence-electron chi connectivity index (χ2n) is 5.38. The molecule has 1 heterocycles. The van der Waals surface area contributed by atoms with Gasteiger partial charge in [0.15, 0.2) is 0 Å². The standard InChI is InChI=1S/C12H18O4/c1-8-6-12(5,16-10(8)14)7-9(13)15-11(2,3)4/h1,6-7H2,2-5H3. The van der Waals surface area contributed by atoms with Gasteiger partial charge in [-0.3, -0.25) is 4.79 Å². The number of hydrogen-bond acceptors (Lipinski definition) is 4. The zero-order valence-electron chi connectivity index (χ0n) is 10.3. The van der Waals surface area contributed by atoms with Crippen LogP contribution in [0, 0.1) is 0 Å². The Labute approximate surface area is 95.6 Å². The van der Waals surface area contributed by atoms with E-state index in [1.165, 1.54) is 0 Å². The fraction of sp³-hybridized carbons (Fsp3) is 0.667. The van der Waals surface area contributed by atoms with E-state index in [0.29, 0.717) is 12.0 Å². The van der Waals surface area contributed by atoms with Crippen molar-refractivity contribution < 1.29 is 19.1 Å². The first-order chi connectivity index (χ1) is 7.11. The summed E-state index contributed by atoms with van der Waals surface area (Å²) >= 11 is 0. The molecule has 1 aliphatic heterocycles. The first-order valence-corrected chi connectivity index (χ1v) is 5.24. The molecule has 1 aliphatic rings. The SMILES string of the molecule is C=C1CC(C)(CC(=O)OC(C)(C)C)OC1=O. The Morgan fingerprint density at radius 1 is 1.56 bits per heavy atom. The molecule has 0 spiro atoms. The number of ether oxygens (including phenoxy) is 2. The molecule has 4 nitrogen and oxygen atoms in total. The third-order valence-electron chi connectivity index (χ3n) is 2.15. The van der Waals surface area contributed by atoms with E-state index in [9.17, 15) is 9.59 Å². The van der Waals surface area contributed by atoms with Crippen molar-refractivity contribution in [2.75, 3.05) is 0 Å². The Hall–Kier alpha value is -1.32. The smallest absolute Gasteiger partial charge is 0.334 e. The van der Waals surface area contributed by atoms with Gasteiger partial charge in [0.2, 0.25) is 0 Å². The van der Waals surface area contributed by atoms with E-state index in [-0.39, 0.29) is 12.4 Å². The molecule has 1 saturated heterocycles. The maximum Gasteiger partial charge on any atom is 0.334 e. The maximum absolute atomic E-state index is 11.6. The van der Waals surface area contributed by atoms with Gasteiger partial charge in [0.25, 0.3) is 0 Å². The highest BCUT2D eigenvalue weighted by Gasteiger charge is 2.41. The van der Waals surface area contributed by atoms with Gasteiger partial charge in [0, 0.05) is 12.0 Å². The van der Waals surface area contributed by atoms with Crippen molar-refractivity contribution in [3.05, 3.63) is 12.2 Å². The molecule has 0 aromatic carbocycles. The zero-order chi connectivity index (χ0) is 12.6. The second-order valence-corrected chi connectivity index (χ2v) is 5.38. The summed E-state index contributed by atoms with van der Waals surface area (Å²) in [5.74, 6) is -0.788. The third-order valence-corrected chi connectivity index (χ3v) is 2.15. The molecular weight excluding hydrogens is 208 g/mol. The van der Waals surface area contributed by atoms with Gasteiger partial charge in [-0.1, -0.05) is 6.58 Å². The van der Waals surface area contributed by atoms with Gasteiger partial charge >= 0.3 is 11.9 Å². The molecule has 0 bridgehead atoms. The Kier molecular flexibility index (Phi) is 3.13. The van der Waals surface area contributed by atoms with Crippen LogP contribution in [0.4, 0.5) is 0 Å². The third kappa shape index (κ3) is 3.36. The monoisotopic (exact) mass is 226 g/mol. The van der Waals surface area contributed by atoms with Crippen LogP contribution >= 0.6 is 0 Å². The molecule has 1 atom stereocenters. The van der Waals surface area contributed by atoms with Gasteiger partial charge in [-0.2, -0.15) is 0 Å². The molecular formula is C12H18O4. The van der Waals surface area contributed by atoms with E-state index in [2.05, 4.69) is 6.58 Å². The van der Waals surface area contributed by atoms with Gasteiger partial charge in [-0.25, -0.2) is 4.79 Å². The predicted molar refractivity (Wildman–Crippen MR) is 58.7 cm³/mol. The number of cyclic esters (lactones) is 1. The Morgan fingerprint density at radius 3 is 2.50 bits per heavy atom. The minimum Gasteiger partial charge on any atom is -0.460 e. The first-order valence-electron chi connectivity index (χ1n) is 5.24. The highest BCUT2D eigenvalue weighted by atomic mass is 16.6. The molecule has 16 heavy (non-hydrogen) atoms. The van der Waals surface area contributed by atoms with Crippen molar-refractivity contribution in [3.63, 3.8) is 0 Å². The average Bonchev–Trinajstić information content (AvgIpc) is 2.19. The van der Waals surface area contributed by atoms with E-state index in [0.717, 1.165) is 0 Å². The number of carbonyl (C=O) groups is 2. The molecule has 90 valence electrons. The highest BCUT2D eigenvalue weighted by Crippen LogP contribution is 2.33. The summed E-state index contributed by atoms with van der Waals surface area (Å²) < 4.78 is 10.3. The summed E-state index contributed by atoms with van der Waals surface area (Å²) in [6, 6.07) is 0. The Bertz CT molecular complexity index is 319. The Morgan fingerprint density at radius 2 is 2.12 bits per heavy atom. The van der Waals surface area contributed by atoms with E-state index in [1.807, 2.05) is 0 Å². The van der Waals surface area contributed by atoms with Gasteiger partial charge in [-0.15, -0.1) is 0 Å². The minimum atomic E-state index is -0.795. The molecule has 0 saturated carbocycles. The molecule has 0 N–H and O–H groups in total. The van der Waals surface area contributed by atoms with Crippen molar-refractivity contribution in [1.82, 2.24) is 0 Å². The topological polar surface area (TPSA) is 52.6 Å². The van der Waals surface area contributed by atoms with Crippen LogP contribution in [0.1, 0.15) is 40.5 Å². The second kappa shape index (κ2) is 3.92. The summed E-state index contributed by atoms with van der Waals surface area (Å²) in [4.78, 5) is 22.8. The van der Waals surface area contributed by atoms with Crippen LogP contribution in [-0.4, -0.2) is 23.1 Å². The largest absolute Gasteiger partial charge is 0.460 e. The number of esters is 2. The van der Waals surface area contributed by atoms with E-state index >= 15 is 0 Å². The minimum absolute atomic E-state index is 0.0645. The van der Waals surface area contributed by atoms with E-state index in [1.54, 1.807) is 27.7 Å². The fourth-order valence-corrected chi connectivity index (χ4v) is 1.64. The molecule has 0 amide bonds. The van der Waals surface area contributed by atoms with Crippen molar-refractivity contribution in [1.29, 1.82) is 0 Å². The number of carbonyl (C=O) groups excluding carboxylic acids is 2. The molecule has 4 heteroatoms. The first kappa shape index (κ1) is 12.7. The van der Waals surface area contributed by atoms with E-state index < -0.39 is 17.2 Å². The summed E-state index contributed by atoms with van der Waals surface area (Å²) in [5.41, 5.74) is -0.908.